The fraction of sp³-hybridized carbons (Fsp3) is 0.318. The average Bonchev–Trinajstić information content (AvgIpc) is 3.37. The highest BCUT2D eigenvalue weighted by molar-refractivity contribution is 6.22. The molecule has 1 fully saturated rings. The summed E-state index contributed by atoms with van der Waals surface area (Å²) in [4.78, 5) is 40.0. The molecule has 3 amide bonds. The molecule has 3 aromatic rings. The number of aromatic carboxylic acids is 1. The van der Waals surface area contributed by atoms with Crippen molar-refractivity contribution in [3.05, 3.63) is 64.8 Å². The number of carbonyl (C=O) groups is 3. The van der Waals surface area contributed by atoms with E-state index >= 15 is 0 Å². The molecule has 10 nitrogen and oxygen atoms in total. The highest BCUT2D eigenvalue weighted by Gasteiger charge is 2.52. The summed E-state index contributed by atoms with van der Waals surface area (Å²) in [6.07, 6.45) is 3.12. The van der Waals surface area contributed by atoms with Crippen LogP contribution >= 0.6 is 0 Å². The van der Waals surface area contributed by atoms with Gasteiger partial charge in [0, 0.05) is 18.3 Å². The summed E-state index contributed by atoms with van der Waals surface area (Å²) in [7, 11) is 0. The van der Waals surface area contributed by atoms with Gasteiger partial charge in [-0.25, -0.2) is 14.5 Å². The van der Waals surface area contributed by atoms with E-state index in [9.17, 15) is 14.4 Å². The normalized spacial score (nSPS) is 15.6. The predicted molar refractivity (Wildman–Crippen MR) is 113 cm³/mol. The Morgan fingerprint density at radius 1 is 1.12 bits per heavy atom. The Morgan fingerprint density at radius 2 is 1.81 bits per heavy atom. The maximum atomic E-state index is 13.2. The number of carbonyl (C=O) groups excluding carboxylic acids is 2. The van der Waals surface area contributed by atoms with Crippen molar-refractivity contribution in [2.45, 2.75) is 46.3 Å². The largest absolute Gasteiger partial charge is 0.478 e. The third-order valence-corrected chi connectivity index (χ3v) is 5.74. The molecular weight excluding hydrogens is 414 g/mol. The molecule has 2 aromatic heterocycles. The minimum atomic E-state index is -1.08. The fourth-order valence-electron chi connectivity index (χ4n) is 3.71. The molecule has 166 valence electrons. The molecule has 1 aliphatic heterocycles. The summed E-state index contributed by atoms with van der Waals surface area (Å²) in [5, 5.41) is 17.3. The first-order valence-electron chi connectivity index (χ1n) is 10.0. The maximum absolute atomic E-state index is 13.2. The van der Waals surface area contributed by atoms with E-state index in [1.165, 1.54) is 23.2 Å². The molecule has 0 atom stereocenters. The van der Waals surface area contributed by atoms with Gasteiger partial charge in [0.1, 0.15) is 11.3 Å². The fourth-order valence-corrected chi connectivity index (χ4v) is 3.71. The standard InChI is InChI=1S/C22H23N5O5/c1-13-18(14(2)32-24-13)12-25-11-17(9-23-25)27-20(30)22(3,4)26(21(27)31)10-15-5-7-16(8-6-15)19(28)29/h5-9,11H,10,12H2,1-4H3,(H,28,29). The molecule has 0 unspecified atom stereocenters. The number of hydrogen-bond acceptors (Lipinski definition) is 6. The first kappa shape index (κ1) is 21.3. The molecule has 1 aromatic carbocycles. The number of imide groups is 1. The Balaban J connectivity index is 1.57. The number of aromatic nitrogens is 3. The van der Waals surface area contributed by atoms with Crippen molar-refractivity contribution in [1.29, 1.82) is 0 Å². The lowest BCUT2D eigenvalue weighted by atomic mass is 10.0. The minimum absolute atomic E-state index is 0.157. The summed E-state index contributed by atoms with van der Waals surface area (Å²) < 4.78 is 6.81. The lowest BCUT2D eigenvalue weighted by Crippen LogP contribution is -2.43. The number of hydrogen-bond donors (Lipinski definition) is 1. The van der Waals surface area contributed by atoms with E-state index in [0.29, 0.717) is 18.0 Å². The summed E-state index contributed by atoms with van der Waals surface area (Å²) in [5.41, 5.74) is 1.83. The molecule has 3 heterocycles. The lowest BCUT2D eigenvalue weighted by Gasteiger charge is -2.27. The van der Waals surface area contributed by atoms with Crippen LogP contribution in [0.2, 0.25) is 0 Å². The number of amides is 3. The molecule has 1 N–H and O–H groups in total. The first-order valence-corrected chi connectivity index (χ1v) is 10.0. The third-order valence-electron chi connectivity index (χ3n) is 5.74. The Kier molecular flexibility index (Phi) is 5.08. The molecule has 4 rings (SSSR count). The molecule has 0 spiro atoms. The van der Waals surface area contributed by atoms with E-state index in [1.807, 2.05) is 13.8 Å². The van der Waals surface area contributed by atoms with Crippen molar-refractivity contribution < 1.29 is 24.0 Å². The molecule has 1 saturated heterocycles. The van der Waals surface area contributed by atoms with E-state index in [0.717, 1.165) is 21.7 Å². The van der Waals surface area contributed by atoms with Gasteiger partial charge in [-0.15, -0.1) is 0 Å². The minimum Gasteiger partial charge on any atom is -0.478 e. The third kappa shape index (κ3) is 3.53. The number of nitrogens with zero attached hydrogens (tertiary/aromatic N) is 5. The van der Waals surface area contributed by atoms with E-state index in [1.54, 1.807) is 36.9 Å². The number of urea groups is 1. The Hall–Kier alpha value is -3.95. The van der Waals surface area contributed by atoms with Crippen LogP contribution in [0.25, 0.3) is 0 Å². The zero-order valence-electron chi connectivity index (χ0n) is 18.2. The second-order valence-corrected chi connectivity index (χ2v) is 8.27. The molecule has 1 aliphatic rings. The van der Waals surface area contributed by atoms with Gasteiger partial charge in [-0.3, -0.25) is 9.48 Å². The SMILES string of the molecule is Cc1noc(C)c1Cn1cc(N2C(=O)N(Cc3ccc(C(=O)O)cc3)C(C)(C)C2=O)cn1. The van der Waals surface area contributed by atoms with Crippen molar-refractivity contribution in [1.82, 2.24) is 19.8 Å². The van der Waals surface area contributed by atoms with Crippen molar-refractivity contribution in [3.63, 3.8) is 0 Å². The first-order chi connectivity index (χ1) is 15.1. The highest BCUT2D eigenvalue weighted by atomic mass is 16.5. The van der Waals surface area contributed by atoms with Crippen molar-refractivity contribution in [3.8, 4) is 0 Å². The van der Waals surface area contributed by atoms with Gasteiger partial charge < -0.3 is 14.5 Å². The molecule has 32 heavy (non-hydrogen) atoms. The van der Waals surface area contributed by atoms with Crippen LogP contribution < -0.4 is 4.90 Å². The summed E-state index contributed by atoms with van der Waals surface area (Å²) in [5.74, 6) is -0.695. The van der Waals surface area contributed by atoms with E-state index in [4.69, 9.17) is 9.63 Å². The van der Waals surface area contributed by atoms with Crippen LogP contribution in [0.4, 0.5) is 10.5 Å². The van der Waals surface area contributed by atoms with Crippen LogP contribution in [0.15, 0.2) is 41.2 Å². The monoisotopic (exact) mass is 437 g/mol. The van der Waals surface area contributed by atoms with Gasteiger partial charge in [0.05, 0.1) is 29.7 Å². The number of rotatable bonds is 6. The lowest BCUT2D eigenvalue weighted by molar-refractivity contribution is -0.123. The van der Waals surface area contributed by atoms with Gasteiger partial charge in [-0.05, 0) is 45.4 Å². The molecule has 0 saturated carbocycles. The summed E-state index contributed by atoms with van der Waals surface area (Å²) in [6.45, 7) is 7.60. The molecule has 0 radical (unpaired) electrons. The number of anilines is 1. The average molecular weight is 437 g/mol. The van der Waals surface area contributed by atoms with Crippen LogP contribution in [-0.2, 0) is 17.9 Å². The van der Waals surface area contributed by atoms with Gasteiger partial charge >= 0.3 is 12.0 Å². The number of carboxylic acids is 1. The summed E-state index contributed by atoms with van der Waals surface area (Å²) in [6, 6.07) is 5.77. The second kappa shape index (κ2) is 7.63. The molecular formula is C22H23N5O5. The van der Waals surface area contributed by atoms with E-state index < -0.39 is 17.5 Å². The zero-order chi connectivity index (χ0) is 23.2. The quantitative estimate of drug-likeness (QED) is 0.588. The molecule has 0 aliphatic carbocycles. The topological polar surface area (TPSA) is 122 Å². The maximum Gasteiger partial charge on any atom is 0.335 e. The Labute approximate surface area is 184 Å². The molecule has 0 bridgehead atoms. The predicted octanol–water partition coefficient (Wildman–Crippen LogP) is 2.98. The van der Waals surface area contributed by atoms with Crippen LogP contribution in [0, 0.1) is 13.8 Å². The number of aryl methyl sites for hydroxylation is 2. The second-order valence-electron chi connectivity index (χ2n) is 8.27. The Morgan fingerprint density at radius 3 is 2.41 bits per heavy atom. The van der Waals surface area contributed by atoms with Crippen LogP contribution in [0.1, 0.15) is 46.8 Å². The van der Waals surface area contributed by atoms with Crippen LogP contribution in [0.3, 0.4) is 0 Å². The smallest absolute Gasteiger partial charge is 0.335 e. The van der Waals surface area contributed by atoms with Gasteiger partial charge in [-0.2, -0.15) is 5.10 Å². The van der Waals surface area contributed by atoms with Crippen LogP contribution in [0.5, 0.6) is 0 Å². The zero-order valence-corrected chi connectivity index (χ0v) is 18.2. The summed E-state index contributed by atoms with van der Waals surface area (Å²) >= 11 is 0. The highest BCUT2D eigenvalue weighted by Crippen LogP contribution is 2.33. The van der Waals surface area contributed by atoms with Gasteiger partial charge in [-0.1, -0.05) is 17.3 Å². The van der Waals surface area contributed by atoms with Crippen molar-refractivity contribution in [2.75, 3.05) is 4.90 Å². The van der Waals surface area contributed by atoms with Gasteiger partial charge in [0.2, 0.25) is 0 Å². The van der Waals surface area contributed by atoms with Crippen molar-refractivity contribution in [2.24, 2.45) is 0 Å². The number of benzene rings is 1. The van der Waals surface area contributed by atoms with Crippen molar-refractivity contribution >= 4 is 23.6 Å². The Bertz CT molecular complexity index is 1190. The number of carboxylic acid groups (broad SMARTS) is 1. The van der Waals surface area contributed by atoms with Gasteiger partial charge in [0.25, 0.3) is 5.91 Å². The van der Waals surface area contributed by atoms with Gasteiger partial charge in [0.15, 0.2) is 0 Å². The van der Waals surface area contributed by atoms with E-state index in [2.05, 4.69) is 10.3 Å². The molecule has 10 heteroatoms. The van der Waals surface area contributed by atoms with Crippen LogP contribution in [-0.4, -0.2) is 48.4 Å². The van der Waals surface area contributed by atoms with E-state index in [-0.39, 0.29) is 18.0 Å².